The molecule has 8 nitrogen and oxygen atoms in total. The normalized spacial score (nSPS) is 12.7. The molecule has 3 rings (SSSR count). The van der Waals surface area contributed by atoms with Crippen molar-refractivity contribution in [1.82, 2.24) is 4.98 Å². The maximum atomic E-state index is 13.8. The molecule has 0 radical (unpaired) electrons. The van der Waals surface area contributed by atoms with Crippen molar-refractivity contribution in [2.45, 2.75) is 64.2 Å². The molecule has 250 valence electrons. The predicted molar refractivity (Wildman–Crippen MR) is 181 cm³/mol. The molecule has 1 N–H and O–H groups in total. The summed E-state index contributed by atoms with van der Waals surface area (Å²) in [6, 6.07) is 16.7. The van der Waals surface area contributed by atoms with Gasteiger partial charge in [-0.15, -0.1) is 0 Å². The minimum atomic E-state index is -4.68. The summed E-state index contributed by atoms with van der Waals surface area (Å²) < 4.78 is 77.1. The summed E-state index contributed by atoms with van der Waals surface area (Å²) in [7, 11) is -7.41. The highest BCUT2D eigenvalue weighted by Crippen LogP contribution is 2.51. The molecule has 46 heavy (non-hydrogen) atoms. The fourth-order valence-corrected chi connectivity index (χ4v) is 6.78. The smallest absolute Gasteiger partial charge is 0.444 e. The number of amides is 1. The Kier molecular flexibility index (Phi) is 13.0. The number of nitrogens with zero attached hydrogens (tertiary/aromatic N) is 1. The van der Waals surface area contributed by atoms with E-state index in [9.17, 15) is 22.5 Å². The molecule has 0 bridgehead atoms. The number of alkyl halides is 3. The van der Waals surface area contributed by atoms with Crippen LogP contribution in [0.25, 0.3) is 12.2 Å². The third kappa shape index (κ3) is 13.2. The number of aromatic nitrogens is 1. The van der Waals surface area contributed by atoms with Crippen LogP contribution in [0.2, 0.25) is 51.4 Å². The summed E-state index contributed by atoms with van der Waals surface area (Å²) in [5, 5.41) is 2.58. The number of ether oxygens (including phenoxy) is 1. The number of phosphoric acid groups is 1. The van der Waals surface area contributed by atoms with Crippen LogP contribution in [0.5, 0.6) is 5.75 Å². The first-order chi connectivity index (χ1) is 21.4. The van der Waals surface area contributed by atoms with Crippen LogP contribution < -0.4 is 9.84 Å². The molecule has 0 fully saturated rings. The van der Waals surface area contributed by atoms with Gasteiger partial charge in [0, 0.05) is 27.9 Å². The van der Waals surface area contributed by atoms with E-state index in [0.717, 1.165) is 23.8 Å². The second-order valence-electron chi connectivity index (χ2n) is 13.0. The Morgan fingerprint density at radius 1 is 0.891 bits per heavy atom. The summed E-state index contributed by atoms with van der Waals surface area (Å²) in [4.78, 5) is 17.1. The monoisotopic (exact) mass is 694 g/mol. The van der Waals surface area contributed by atoms with Gasteiger partial charge in [-0.3, -0.25) is 19.3 Å². The Labute approximate surface area is 271 Å². The van der Waals surface area contributed by atoms with E-state index >= 15 is 0 Å². The average Bonchev–Trinajstić information content (AvgIpc) is 2.95. The van der Waals surface area contributed by atoms with Crippen molar-refractivity contribution in [2.75, 3.05) is 18.5 Å². The van der Waals surface area contributed by atoms with E-state index in [-0.39, 0.29) is 24.5 Å². The number of halogens is 3. The van der Waals surface area contributed by atoms with E-state index < -0.39 is 48.4 Å². The van der Waals surface area contributed by atoms with E-state index in [1.54, 1.807) is 24.4 Å². The van der Waals surface area contributed by atoms with Crippen molar-refractivity contribution in [1.29, 1.82) is 0 Å². The molecule has 0 saturated heterocycles. The number of pyridine rings is 1. The number of anilines is 1. The number of phosphoric ester groups is 1. The summed E-state index contributed by atoms with van der Waals surface area (Å²) in [5.74, 6) is -0.210. The molecule has 1 aromatic heterocycles. The molecule has 0 atom stereocenters. The molecule has 2 aromatic carbocycles. The average molecular weight is 695 g/mol. The van der Waals surface area contributed by atoms with Gasteiger partial charge in [-0.05, 0) is 54.1 Å². The third-order valence-electron chi connectivity index (χ3n) is 6.47. The second kappa shape index (κ2) is 16.1. The van der Waals surface area contributed by atoms with Crippen LogP contribution in [0.3, 0.4) is 0 Å². The van der Waals surface area contributed by atoms with Gasteiger partial charge in [0.15, 0.2) is 0 Å². The van der Waals surface area contributed by atoms with Crippen molar-refractivity contribution < 1.29 is 40.8 Å². The molecule has 14 heteroatoms. The maximum absolute atomic E-state index is 13.8. The molecule has 0 aliphatic rings. The summed E-state index contributed by atoms with van der Waals surface area (Å²) in [5.41, 5.74) is 0.538. The third-order valence-corrected chi connectivity index (χ3v) is 11.3. The van der Waals surface area contributed by atoms with Gasteiger partial charge in [0.05, 0.1) is 30.2 Å². The molecule has 0 aliphatic carbocycles. The zero-order chi connectivity index (χ0) is 34.0. The number of hydrogen-bond donors (Lipinski definition) is 1. The summed E-state index contributed by atoms with van der Waals surface area (Å²) in [6.45, 7) is 12.3. The Morgan fingerprint density at radius 3 is 2.11 bits per heavy atom. The van der Waals surface area contributed by atoms with Crippen molar-refractivity contribution in [3.8, 4) is 5.75 Å². The molecule has 0 saturated carbocycles. The van der Waals surface area contributed by atoms with Gasteiger partial charge in [0.25, 0.3) is 0 Å². The molecule has 1 amide bonds. The lowest BCUT2D eigenvalue weighted by molar-refractivity contribution is -0.137. The van der Waals surface area contributed by atoms with Crippen LogP contribution in [0.1, 0.15) is 22.4 Å². The van der Waals surface area contributed by atoms with Gasteiger partial charge in [-0.1, -0.05) is 75.7 Å². The number of carbonyl (C=O) groups excluding carboxylic acids is 1. The van der Waals surface area contributed by atoms with Crippen LogP contribution >= 0.6 is 7.82 Å². The first-order valence-electron chi connectivity index (χ1n) is 14.8. The standard InChI is InChI=1S/C32H42F3N2O6PSi2/c1-45(2,3)21-19-41-44(39,42-20-22-46(4,5)6)43-30-17-15-27(32(33,34)35)23-26(30)24-40-31(38)37-29-13-10-18-36-28(29)16-14-25-11-8-7-9-12-25/h7-18,23H,19-22,24H2,1-6H3,(H,37,38). The molecule has 3 aromatic rings. The summed E-state index contributed by atoms with van der Waals surface area (Å²) in [6.07, 6.45) is -0.529. The van der Waals surface area contributed by atoms with E-state index in [1.807, 2.05) is 36.4 Å². The lowest BCUT2D eigenvalue weighted by Crippen LogP contribution is -2.23. The van der Waals surface area contributed by atoms with Crippen LogP contribution in [0.15, 0.2) is 66.9 Å². The zero-order valence-corrected chi connectivity index (χ0v) is 29.9. The SMILES string of the molecule is C[Si](C)(C)CCOP(=O)(OCC[Si](C)(C)C)Oc1ccc(C(F)(F)F)cc1COC(=O)Nc1cccnc1C=Cc1ccccc1. The van der Waals surface area contributed by atoms with Gasteiger partial charge in [-0.25, -0.2) is 9.36 Å². The Hall–Kier alpha value is -3.23. The van der Waals surface area contributed by atoms with Gasteiger partial charge < -0.3 is 9.26 Å². The van der Waals surface area contributed by atoms with Crippen molar-refractivity contribution in [2.24, 2.45) is 0 Å². The van der Waals surface area contributed by atoms with E-state index in [0.29, 0.717) is 23.5 Å². The fourth-order valence-electron chi connectivity index (χ4n) is 3.78. The molecule has 1 heterocycles. The Morgan fingerprint density at radius 2 is 1.52 bits per heavy atom. The lowest BCUT2D eigenvalue weighted by Gasteiger charge is -2.24. The highest BCUT2D eigenvalue weighted by molar-refractivity contribution is 7.49. The topological polar surface area (TPSA) is 96.0 Å². The zero-order valence-electron chi connectivity index (χ0n) is 27.0. The van der Waals surface area contributed by atoms with Gasteiger partial charge in [-0.2, -0.15) is 13.2 Å². The van der Waals surface area contributed by atoms with Crippen molar-refractivity contribution in [3.05, 3.63) is 89.2 Å². The fraction of sp³-hybridized carbons (Fsp3) is 0.375. The van der Waals surface area contributed by atoms with E-state index in [4.69, 9.17) is 18.3 Å². The van der Waals surface area contributed by atoms with Crippen LogP contribution in [0.4, 0.5) is 23.7 Å². The number of hydrogen-bond acceptors (Lipinski definition) is 7. The van der Waals surface area contributed by atoms with Crippen molar-refractivity contribution in [3.63, 3.8) is 0 Å². The number of rotatable bonds is 15. The molecular formula is C32H42F3N2O6PSi2. The molecule has 0 unspecified atom stereocenters. The number of benzene rings is 2. The number of carbonyl (C=O) groups is 1. The molecular weight excluding hydrogens is 652 g/mol. The predicted octanol–water partition coefficient (Wildman–Crippen LogP) is 10.2. The van der Waals surface area contributed by atoms with Crippen LogP contribution in [-0.2, 0) is 31.1 Å². The highest BCUT2D eigenvalue weighted by Gasteiger charge is 2.34. The first-order valence-corrected chi connectivity index (χ1v) is 23.7. The summed E-state index contributed by atoms with van der Waals surface area (Å²) >= 11 is 0. The number of nitrogens with one attached hydrogen (secondary N) is 1. The largest absolute Gasteiger partial charge is 0.530 e. The van der Waals surface area contributed by atoms with Gasteiger partial charge >= 0.3 is 20.1 Å². The van der Waals surface area contributed by atoms with E-state index in [1.165, 1.54) is 0 Å². The maximum Gasteiger partial charge on any atom is 0.530 e. The minimum absolute atomic E-state index is 0.0982. The first kappa shape index (κ1) is 37.2. The molecule has 0 spiro atoms. The van der Waals surface area contributed by atoms with Crippen LogP contribution in [0, 0.1) is 0 Å². The van der Waals surface area contributed by atoms with Gasteiger partial charge in [0.2, 0.25) is 0 Å². The lowest BCUT2D eigenvalue weighted by atomic mass is 10.1. The Bertz CT molecular complexity index is 1500. The highest BCUT2D eigenvalue weighted by atomic mass is 31.2. The molecule has 0 aliphatic heterocycles. The van der Waals surface area contributed by atoms with Crippen molar-refractivity contribution >= 4 is 47.9 Å². The Balaban J connectivity index is 1.81. The quantitative estimate of drug-likeness (QED) is 0.125. The second-order valence-corrected chi connectivity index (χ2v) is 25.9. The van der Waals surface area contributed by atoms with Crippen LogP contribution in [-0.4, -0.2) is 40.4 Å². The minimum Gasteiger partial charge on any atom is -0.444 e. The van der Waals surface area contributed by atoms with Gasteiger partial charge in [0.1, 0.15) is 12.4 Å². The van der Waals surface area contributed by atoms with E-state index in [2.05, 4.69) is 49.6 Å².